The van der Waals surface area contributed by atoms with E-state index >= 15 is 0 Å². The number of nitrogen functional groups attached to an aromatic ring is 1. The highest BCUT2D eigenvalue weighted by Crippen LogP contribution is 2.31. The fourth-order valence-electron chi connectivity index (χ4n) is 2.61. The summed E-state index contributed by atoms with van der Waals surface area (Å²) in [5.41, 5.74) is 7.54. The summed E-state index contributed by atoms with van der Waals surface area (Å²) in [5, 5.41) is 0. The van der Waals surface area contributed by atoms with Crippen molar-refractivity contribution in [1.29, 1.82) is 0 Å². The Kier molecular flexibility index (Phi) is 4.21. The smallest absolute Gasteiger partial charge is 0.410 e. The maximum absolute atomic E-state index is 12.1. The Morgan fingerprint density at radius 3 is 2.70 bits per heavy atom. The molecule has 1 heterocycles. The van der Waals surface area contributed by atoms with Crippen LogP contribution in [0.5, 0.6) is 0 Å². The normalized spacial score (nSPS) is 19.8. The quantitative estimate of drug-likeness (QED) is 0.800. The first-order valence-corrected chi connectivity index (χ1v) is 7.19. The molecule has 0 bridgehead atoms. The van der Waals surface area contributed by atoms with Gasteiger partial charge in [-0.25, -0.2) is 4.79 Å². The summed E-state index contributed by atoms with van der Waals surface area (Å²) in [6, 6.07) is 7.91. The second-order valence-electron chi connectivity index (χ2n) is 6.39. The first-order chi connectivity index (χ1) is 9.37. The van der Waals surface area contributed by atoms with Crippen LogP contribution in [0, 0.1) is 0 Å². The van der Waals surface area contributed by atoms with Gasteiger partial charge in [0.1, 0.15) is 5.60 Å². The Labute approximate surface area is 120 Å². The molecule has 0 spiro atoms. The number of para-hydroxylation sites is 1. The number of likely N-dealkylation sites (tertiary alicyclic amines) is 1. The molecule has 0 aromatic heterocycles. The molecule has 20 heavy (non-hydrogen) atoms. The van der Waals surface area contributed by atoms with Gasteiger partial charge in [-0.3, -0.25) is 0 Å². The molecule has 1 aliphatic rings. The van der Waals surface area contributed by atoms with E-state index in [2.05, 4.69) is 6.07 Å². The van der Waals surface area contributed by atoms with Crippen LogP contribution in [-0.4, -0.2) is 29.7 Å². The summed E-state index contributed by atoms with van der Waals surface area (Å²) >= 11 is 0. The minimum absolute atomic E-state index is 0.225. The van der Waals surface area contributed by atoms with Crippen LogP contribution in [0.15, 0.2) is 24.3 Å². The van der Waals surface area contributed by atoms with E-state index in [0.717, 1.165) is 30.6 Å². The number of hydrogen-bond donors (Lipinski definition) is 1. The van der Waals surface area contributed by atoms with Crippen molar-refractivity contribution in [2.24, 2.45) is 0 Å². The first kappa shape index (κ1) is 14.7. The van der Waals surface area contributed by atoms with Gasteiger partial charge in [-0.2, -0.15) is 0 Å². The molecule has 4 nitrogen and oxygen atoms in total. The lowest BCUT2D eigenvalue weighted by Crippen LogP contribution is -2.42. The van der Waals surface area contributed by atoms with Gasteiger partial charge in [0.15, 0.2) is 0 Å². The van der Waals surface area contributed by atoms with E-state index in [-0.39, 0.29) is 6.09 Å². The molecular weight excluding hydrogens is 252 g/mol. The van der Waals surface area contributed by atoms with Crippen molar-refractivity contribution in [3.63, 3.8) is 0 Å². The van der Waals surface area contributed by atoms with Crippen LogP contribution in [0.2, 0.25) is 0 Å². The Hall–Kier alpha value is -1.71. The van der Waals surface area contributed by atoms with Crippen LogP contribution in [0.4, 0.5) is 10.5 Å². The van der Waals surface area contributed by atoms with Crippen molar-refractivity contribution in [2.45, 2.75) is 45.1 Å². The third kappa shape index (κ3) is 3.65. The minimum atomic E-state index is -0.449. The topological polar surface area (TPSA) is 55.6 Å². The number of benzene rings is 1. The second kappa shape index (κ2) is 5.73. The van der Waals surface area contributed by atoms with E-state index in [1.54, 1.807) is 4.90 Å². The van der Waals surface area contributed by atoms with Crippen LogP contribution in [0.3, 0.4) is 0 Å². The predicted molar refractivity (Wildman–Crippen MR) is 80.6 cm³/mol. The molecule has 0 radical (unpaired) electrons. The highest BCUT2D eigenvalue weighted by Gasteiger charge is 2.28. The Morgan fingerprint density at radius 2 is 2.05 bits per heavy atom. The van der Waals surface area contributed by atoms with Crippen molar-refractivity contribution < 1.29 is 9.53 Å². The van der Waals surface area contributed by atoms with E-state index < -0.39 is 5.60 Å². The van der Waals surface area contributed by atoms with Crippen molar-refractivity contribution >= 4 is 11.8 Å². The van der Waals surface area contributed by atoms with Crippen molar-refractivity contribution in [3.8, 4) is 0 Å². The maximum Gasteiger partial charge on any atom is 0.410 e. The molecule has 1 atom stereocenters. The SMILES string of the molecule is CC(C)(C)OC(=O)N1CCC[C@H](c2ccccc2N)C1. The summed E-state index contributed by atoms with van der Waals surface area (Å²) in [6.07, 6.45) is 1.82. The van der Waals surface area contributed by atoms with Crippen LogP contribution in [0.1, 0.15) is 45.1 Å². The molecule has 1 saturated heterocycles. The Balaban J connectivity index is 2.06. The van der Waals surface area contributed by atoms with E-state index in [9.17, 15) is 4.79 Å². The molecule has 0 saturated carbocycles. The largest absolute Gasteiger partial charge is 0.444 e. The van der Waals surface area contributed by atoms with Gasteiger partial charge in [-0.15, -0.1) is 0 Å². The number of ether oxygens (including phenoxy) is 1. The van der Waals surface area contributed by atoms with Crippen LogP contribution >= 0.6 is 0 Å². The number of rotatable bonds is 1. The second-order valence-corrected chi connectivity index (χ2v) is 6.39. The molecular formula is C16H24N2O2. The monoisotopic (exact) mass is 276 g/mol. The summed E-state index contributed by atoms with van der Waals surface area (Å²) in [6.45, 7) is 7.12. The van der Waals surface area contributed by atoms with Gasteiger partial charge in [0, 0.05) is 24.7 Å². The molecule has 1 amide bonds. The highest BCUT2D eigenvalue weighted by atomic mass is 16.6. The van der Waals surface area contributed by atoms with Crippen LogP contribution in [0.25, 0.3) is 0 Å². The number of amides is 1. The van der Waals surface area contributed by atoms with E-state index in [0.29, 0.717) is 12.5 Å². The molecule has 110 valence electrons. The van der Waals surface area contributed by atoms with Gasteiger partial charge in [0.05, 0.1) is 0 Å². The van der Waals surface area contributed by atoms with Gasteiger partial charge >= 0.3 is 6.09 Å². The molecule has 2 rings (SSSR count). The van der Waals surface area contributed by atoms with Gasteiger partial charge in [-0.05, 0) is 45.2 Å². The van der Waals surface area contributed by atoms with Gasteiger partial charge < -0.3 is 15.4 Å². The summed E-state index contributed by atoms with van der Waals surface area (Å²) < 4.78 is 5.45. The number of hydrogen-bond acceptors (Lipinski definition) is 3. The molecule has 1 fully saturated rings. The zero-order valence-corrected chi connectivity index (χ0v) is 12.6. The molecule has 1 aliphatic heterocycles. The zero-order valence-electron chi connectivity index (χ0n) is 12.6. The summed E-state index contributed by atoms with van der Waals surface area (Å²) in [4.78, 5) is 13.9. The third-order valence-corrected chi connectivity index (χ3v) is 3.51. The first-order valence-electron chi connectivity index (χ1n) is 7.19. The Bertz CT molecular complexity index is 480. The predicted octanol–water partition coefficient (Wildman–Crippen LogP) is 3.38. The Morgan fingerprint density at radius 1 is 1.35 bits per heavy atom. The van der Waals surface area contributed by atoms with Gasteiger partial charge in [0.2, 0.25) is 0 Å². The number of piperidine rings is 1. The van der Waals surface area contributed by atoms with Crippen molar-refractivity contribution in [1.82, 2.24) is 4.90 Å². The van der Waals surface area contributed by atoms with Crippen LogP contribution in [-0.2, 0) is 4.74 Å². The molecule has 4 heteroatoms. The number of carbonyl (C=O) groups excluding carboxylic acids is 1. The molecule has 2 N–H and O–H groups in total. The van der Waals surface area contributed by atoms with Crippen molar-refractivity contribution in [3.05, 3.63) is 29.8 Å². The van der Waals surface area contributed by atoms with Crippen molar-refractivity contribution in [2.75, 3.05) is 18.8 Å². The fraction of sp³-hybridized carbons (Fsp3) is 0.562. The van der Waals surface area contributed by atoms with E-state index in [1.165, 1.54) is 0 Å². The fourth-order valence-corrected chi connectivity index (χ4v) is 2.61. The summed E-state index contributed by atoms with van der Waals surface area (Å²) in [7, 11) is 0. The number of nitrogens with zero attached hydrogens (tertiary/aromatic N) is 1. The molecule has 0 aliphatic carbocycles. The molecule has 1 aromatic rings. The van der Waals surface area contributed by atoms with Gasteiger partial charge in [0.25, 0.3) is 0 Å². The lowest BCUT2D eigenvalue weighted by atomic mass is 9.90. The number of nitrogens with two attached hydrogens (primary N) is 1. The highest BCUT2D eigenvalue weighted by molar-refractivity contribution is 5.68. The maximum atomic E-state index is 12.1. The molecule has 0 unspecified atom stereocenters. The standard InChI is InChI=1S/C16H24N2O2/c1-16(2,3)20-15(19)18-10-6-7-12(11-18)13-8-4-5-9-14(13)17/h4-5,8-9,12H,6-7,10-11,17H2,1-3H3/t12-/m0/s1. The van der Waals surface area contributed by atoms with E-state index in [4.69, 9.17) is 10.5 Å². The minimum Gasteiger partial charge on any atom is -0.444 e. The average Bonchev–Trinajstić information content (AvgIpc) is 2.37. The average molecular weight is 276 g/mol. The zero-order chi connectivity index (χ0) is 14.8. The summed E-state index contributed by atoms with van der Waals surface area (Å²) in [5.74, 6) is 0.303. The number of carbonyl (C=O) groups is 1. The van der Waals surface area contributed by atoms with Crippen LogP contribution < -0.4 is 5.73 Å². The lowest BCUT2D eigenvalue weighted by Gasteiger charge is -2.34. The number of anilines is 1. The molecule has 1 aromatic carbocycles. The van der Waals surface area contributed by atoms with Gasteiger partial charge in [-0.1, -0.05) is 18.2 Å². The lowest BCUT2D eigenvalue weighted by molar-refractivity contribution is 0.0198. The third-order valence-electron chi connectivity index (χ3n) is 3.51. The van der Waals surface area contributed by atoms with E-state index in [1.807, 2.05) is 39.0 Å².